The third-order valence-corrected chi connectivity index (χ3v) is 4.50. The van der Waals surface area contributed by atoms with Crippen molar-refractivity contribution in [2.24, 2.45) is 5.92 Å². The van der Waals surface area contributed by atoms with Crippen molar-refractivity contribution in [2.75, 3.05) is 5.32 Å². The van der Waals surface area contributed by atoms with E-state index < -0.39 is 0 Å². The monoisotopic (exact) mass is 300 g/mol. The van der Waals surface area contributed by atoms with Gasteiger partial charge in [0.05, 0.1) is 5.69 Å². The second-order valence-corrected chi connectivity index (χ2v) is 6.88. The number of nitrogens with one attached hydrogen (secondary N) is 1. The minimum Gasteiger partial charge on any atom is -0.302 e. The van der Waals surface area contributed by atoms with E-state index in [-0.39, 0.29) is 5.91 Å². The summed E-state index contributed by atoms with van der Waals surface area (Å²) < 4.78 is 0. The quantitative estimate of drug-likeness (QED) is 0.915. The molecule has 3 nitrogen and oxygen atoms in total. The summed E-state index contributed by atoms with van der Waals surface area (Å²) in [6.45, 7) is 4.08. The molecule has 1 N–H and O–H groups in total. The molecule has 4 heteroatoms. The van der Waals surface area contributed by atoms with E-state index in [1.54, 1.807) is 0 Å². The first-order valence-electron chi connectivity index (χ1n) is 7.49. The van der Waals surface area contributed by atoms with Gasteiger partial charge in [-0.15, -0.1) is 11.3 Å². The van der Waals surface area contributed by atoms with Gasteiger partial charge in [0, 0.05) is 17.4 Å². The highest BCUT2D eigenvalue weighted by molar-refractivity contribution is 7.14. The fraction of sp³-hybridized carbons (Fsp3) is 0.412. The second-order valence-electron chi connectivity index (χ2n) is 6.02. The number of rotatable bonds is 4. The number of anilines is 1. The number of carbonyl (C=O) groups excluding carboxylic acids is 1. The van der Waals surface area contributed by atoms with Gasteiger partial charge in [-0.1, -0.05) is 26.0 Å². The van der Waals surface area contributed by atoms with E-state index in [9.17, 15) is 4.79 Å². The number of thiazole rings is 1. The number of hydrogen-bond acceptors (Lipinski definition) is 3. The number of fused-ring (bicyclic) bond motifs is 1. The summed E-state index contributed by atoms with van der Waals surface area (Å²) in [5.41, 5.74) is 5.02. The van der Waals surface area contributed by atoms with Gasteiger partial charge in [-0.05, 0) is 42.4 Å². The lowest BCUT2D eigenvalue weighted by atomic mass is 10.1. The molecule has 21 heavy (non-hydrogen) atoms. The van der Waals surface area contributed by atoms with Crippen molar-refractivity contribution in [1.29, 1.82) is 0 Å². The van der Waals surface area contributed by atoms with Crippen LogP contribution in [-0.4, -0.2) is 10.9 Å². The molecule has 1 amide bonds. The van der Waals surface area contributed by atoms with Gasteiger partial charge in [0.25, 0.3) is 0 Å². The summed E-state index contributed by atoms with van der Waals surface area (Å²) in [4.78, 5) is 16.3. The predicted molar refractivity (Wildman–Crippen MR) is 87.7 cm³/mol. The molecule has 0 saturated heterocycles. The Morgan fingerprint density at radius 1 is 1.33 bits per heavy atom. The molecule has 1 aromatic heterocycles. The number of nitrogens with zero attached hydrogens (tertiary/aromatic N) is 1. The number of aryl methyl sites for hydroxylation is 2. The zero-order chi connectivity index (χ0) is 14.8. The lowest BCUT2D eigenvalue weighted by molar-refractivity contribution is -0.116. The Bertz CT molecular complexity index is 661. The zero-order valence-electron chi connectivity index (χ0n) is 12.5. The van der Waals surface area contributed by atoms with Gasteiger partial charge in [-0.3, -0.25) is 4.79 Å². The molecule has 0 saturated carbocycles. The fourth-order valence-corrected chi connectivity index (χ4v) is 3.47. The third kappa shape index (κ3) is 3.32. The maximum Gasteiger partial charge on any atom is 0.226 e. The van der Waals surface area contributed by atoms with E-state index in [4.69, 9.17) is 0 Å². The average Bonchev–Trinajstić information content (AvgIpc) is 3.04. The van der Waals surface area contributed by atoms with Crippen molar-refractivity contribution in [3.63, 3.8) is 0 Å². The standard InChI is InChI=1S/C17H20N2OS/c1-11(2)8-16(20)19-17-18-15(10-21-17)14-7-6-12-4-3-5-13(12)9-14/h6-7,9-11H,3-5,8H2,1-2H3,(H,18,19,20). The molecule has 1 aromatic carbocycles. The van der Waals surface area contributed by atoms with Gasteiger partial charge in [0.15, 0.2) is 5.13 Å². The molecule has 0 radical (unpaired) electrons. The molecule has 0 fully saturated rings. The van der Waals surface area contributed by atoms with E-state index in [1.807, 2.05) is 19.2 Å². The lowest BCUT2D eigenvalue weighted by Crippen LogP contribution is -2.13. The number of carbonyl (C=O) groups is 1. The van der Waals surface area contributed by atoms with Crippen molar-refractivity contribution >= 4 is 22.4 Å². The summed E-state index contributed by atoms with van der Waals surface area (Å²) in [6.07, 6.45) is 4.16. The minimum absolute atomic E-state index is 0.0415. The van der Waals surface area contributed by atoms with Crippen LogP contribution in [0.1, 0.15) is 37.8 Å². The average molecular weight is 300 g/mol. The first-order chi connectivity index (χ1) is 10.1. The molecule has 3 rings (SSSR count). The van der Waals surface area contributed by atoms with Crippen LogP contribution in [0, 0.1) is 5.92 Å². The summed E-state index contributed by atoms with van der Waals surface area (Å²) in [7, 11) is 0. The van der Waals surface area contributed by atoms with Crippen molar-refractivity contribution in [3.05, 3.63) is 34.7 Å². The first kappa shape index (κ1) is 14.3. The van der Waals surface area contributed by atoms with E-state index in [1.165, 1.54) is 41.7 Å². The summed E-state index contributed by atoms with van der Waals surface area (Å²) >= 11 is 1.49. The maximum atomic E-state index is 11.8. The Morgan fingerprint density at radius 2 is 2.14 bits per heavy atom. The molecular weight excluding hydrogens is 280 g/mol. The molecule has 110 valence electrons. The minimum atomic E-state index is 0.0415. The largest absolute Gasteiger partial charge is 0.302 e. The van der Waals surface area contributed by atoms with Crippen LogP contribution in [-0.2, 0) is 17.6 Å². The van der Waals surface area contributed by atoms with Gasteiger partial charge in [-0.25, -0.2) is 4.98 Å². The molecule has 0 bridgehead atoms. The molecule has 0 aliphatic heterocycles. The van der Waals surface area contributed by atoms with Gasteiger partial charge in [-0.2, -0.15) is 0 Å². The van der Waals surface area contributed by atoms with Crippen molar-refractivity contribution in [3.8, 4) is 11.3 Å². The Hall–Kier alpha value is -1.68. The Morgan fingerprint density at radius 3 is 2.95 bits per heavy atom. The smallest absolute Gasteiger partial charge is 0.226 e. The topological polar surface area (TPSA) is 42.0 Å². The van der Waals surface area contributed by atoms with Gasteiger partial charge >= 0.3 is 0 Å². The van der Waals surface area contributed by atoms with E-state index in [0.717, 1.165) is 11.3 Å². The summed E-state index contributed by atoms with van der Waals surface area (Å²) in [5, 5.41) is 5.59. The van der Waals surface area contributed by atoms with Crippen LogP contribution in [0.25, 0.3) is 11.3 Å². The summed E-state index contributed by atoms with van der Waals surface area (Å²) in [5.74, 6) is 0.404. The molecule has 1 aliphatic rings. The fourth-order valence-electron chi connectivity index (χ4n) is 2.74. The predicted octanol–water partition coefficient (Wildman–Crippen LogP) is 4.28. The molecule has 2 aromatic rings. The van der Waals surface area contributed by atoms with Gasteiger partial charge in [0.1, 0.15) is 0 Å². The van der Waals surface area contributed by atoms with Crippen LogP contribution in [0.4, 0.5) is 5.13 Å². The lowest BCUT2D eigenvalue weighted by Gasteiger charge is -2.04. The first-order valence-corrected chi connectivity index (χ1v) is 8.37. The van der Waals surface area contributed by atoms with Crippen LogP contribution >= 0.6 is 11.3 Å². The number of amides is 1. The van der Waals surface area contributed by atoms with Crippen molar-refractivity contribution in [1.82, 2.24) is 4.98 Å². The molecule has 0 spiro atoms. The van der Waals surface area contributed by atoms with Crippen LogP contribution in [0.2, 0.25) is 0 Å². The SMILES string of the molecule is CC(C)CC(=O)Nc1nc(-c2ccc3c(c2)CCC3)cs1. The van der Waals surface area contributed by atoms with Crippen LogP contribution in [0.15, 0.2) is 23.6 Å². The second kappa shape index (κ2) is 5.98. The van der Waals surface area contributed by atoms with Crippen LogP contribution in [0.3, 0.4) is 0 Å². The molecule has 0 unspecified atom stereocenters. The van der Waals surface area contributed by atoms with Gasteiger partial charge < -0.3 is 5.32 Å². The van der Waals surface area contributed by atoms with E-state index in [0.29, 0.717) is 17.5 Å². The maximum absolute atomic E-state index is 11.8. The Kier molecular flexibility index (Phi) is 4.06. The molecule has 1 aliphatic carbocycles. The summed E-state index contributed by atoms with van der Waals surface area (Å²) in [6, 6.07) is 6.60. The van der Waals surface area contributed by atoms with E-state index in [2.05, 4.69) is 28.5 Å². The van der Waals surface area contributed by atoms with Gasteiger partial charge in [0.2, 0.25) is 5.91 Å². The number of benzene rings is 1. The highest BCUT2D eigenvalue weighted by atomic mass is 32.1. The van der Waals surface area contributed by atoms with Crippen molar-refractivity contribution in [2.45, 2.75) is 39.5 Å². The van der Waals surface area contributed by atoms with Crippen molar-refractivity contribution < 1.29 is 4.79 Å². The highest BCUT2D eigenvalue weighted by Gasteiger charge is 2.13. The highest BCUT2D eigenvalue weighted by Crippen LogP contribution is 2.30. The molecule has 0 atom stereocenters. The number of hydrogen-bond donors (Lipinski definition) is 1. The Balaban J connectivity index is 1.74. The normalized spacial score (nSPS) is 13.5. The number of aromatic nitrogens is 1. The van der Waals surface area contributed by atoms with Crippen LogP contribution < -0.4 is 5.32 Å². The molecular formula is C17H20N2OS. The molecule has 1 heterocycles. The third-order valence-electron chi connectivity index (χ3n) is 3.74. The zero-order valence-corrected chi connectivity index (χ0v) is 13.3. The van der Waals surface area contributed by atoms with E-state index >= 15 is 0 Å². The van der Waals surface area contributed by atoms with Crippen LogP contribution in [0.5, 0.6) is 0 Å². The Labute approximate surface area is 129 Å².